The van der Waals surface area contributed by atoms with Crippen molar-refractivity contribution in [3.63, 3.8) is 0 Å². The first kappa shape index (κ1) is 12.7. The molecule has 2 atom stereocenters. The van der Waals surface area contributed by atoms with E-state index < -0.39 is 0 Å². The highest BCUT2D eigenvalue weighted by Crippen LogP contribution is 2.21. The van der Waals surface area contributed by atoms with Gasteiger partial charge in [-0.3, -0.25) is 4.79 Å². The summed E-state index contributed by atoms with van der Waals surface area (Å²) < 4.78 is 0. The van der Waals surface area contributed by atoms with Crippen LogP contribution in [0.1, 0.15) is 25.3 Å². The average molecular weight is 242 g/mol. The maximum absolute atomic E-state index is 12.1. The molecule has 0 saturated carbocycles. The molecule has 1 aliphatic heterocycles. The lowest BCUT2D eigenvalue weighted by Gasteiger charge is -2.19. The standard InChI is InChI=1S/C15H18N2O/c1-3-6-11(2)16-14-10-9-12-7-4-5-8-13(12)17-15(14)18/h1,4-5,7-8,11,14,16H,6,9-10H2,2H3,(H,17,18). The van der Waals surface area contributed by atoms with Crippen molar-refractivity contribution >= 4 is 11.6 Å². The van der Waals surface area contributed by atoms with E-state index >= 15 is 0 Å². The van der Waals surface area contributed by atoms with Crippen molar-refractivity contribution in [3.05, 3.63) is 29.8 Å². The molecule has 18 heavy (non-hydrogen) atoms. The number of benzene rings is 1. The lowest BCUT2D eigenvalue weighted by atomic mass is 10.1. The third kappa shape index (κ3) is 2.91. The predicted molar refractivity (Wildman–Crippen MR) is 73.2 cm³/mol. The van der Waals surface area contributed by atoms with Gasteiger partial charge in [0.15, 0.2) is 0 Å². The molecule has 0 fully saturated rings. The third-order valence-electron chi connectivity index (χ3n) is 3.20. The first-order valence-electron chi connectivity index (χ1n) is 6.29. The first-order valence-corrected chi connectivity index (χ1v) is 6.29. The van der Waals surface area contributed by atoms with E-state index in [4.69, 9.17) is 6.42 Å². The Balaban J connectivity index is 2.06. The zero-order valence-corrected chi connectivity index (χ0v) is 10.6. The van der Waals surface area contributed by atoms with Crippen LogP contribution >= 0.6 is 0 Å². The van der Waals surface area contributed by atoms with Crippen molar-refractivity contribution in [1.82, 2.24) is 5.32 Å². The first-order chi connectivity index (χ1) is 8.70. The molecule has 3 nitrogen and oxygen atoms in total. The van der Waals surface area contributed by atoms with Crippen LogP contribution in [0.3, 0.4) is 0 Å². The van der Waals surface area contributed by atoms with E-state index in [0.29, 0.717) is 6.42 Å². The van der Waals surface area contributed by atoms with E-state index in [-0.39, 0.29) is 18.0 Å². The monoisotopic (exact) mass is 242 g/mol. The van der Waals surface area contributed by atoms with Gasteiger partial charge in [0.2, 0.25) is 5.91 Å². The molecule has 0 radical (unpaired) electrons. The number of nitrogens with one attached hydrogen (secondary N) is 2. The molecular formula is C15H18N2O. The van der Waals surface area contributed by atoms with Crippen molar-refractivity contribution < 1.29 is 4.79 Å². The molecule has 1 aromatic carbocycles. The van der Waals surface area contributed by atoms with Crippen LogP contribution in [-0.4, -0.2) is 18.0 Å². The Morgan fingerprint density at radius 2 is 2.33 bits per heavy atom. The van der Waals surface area contributed by atoms with Gasteiger partial charge in [-0.1, -0.05) is 18.2 Å². The van der Waals surface area contributed by atoms with E-state index in [1.807, 2.05) is 25.1 Å². The molecule has 2 N–H and O–H groups in total. The number of amides is 1. The average Bonchev–Trinajstić information content (AvgIpc) is 2.50. The van der Waals surface area contributed by atoms with E-state index in [1.165, 1.54) is 5.56 Å². The van der Waals surface area contributed by atoms with Crippen LogP contribution < -0.4 is 10.6 Å². The number of hydrogen-bond donors (Lipinski definition) is 2. The number of rotatable bonds is 3. The molecule has 0 saturated heterocycles. The zero-order valence-electron chi connectivity index (χ0n) is 10.6. The summed E-state index contributed by atoms with van der Waals surface area (Å²) in [5.74, 6) is 2.64. The molecule has 1 amide bonds. The largest absolute Gasteiger partial charge is 0.324 e. The Labute approximate surface area is 108 Å². The second kappa shape index (κ2) is 5.70. The van der Waals surface area contributed by atoms with Gasteiger partial charge in [-0.15, -0.1) is 12.3 Å². The van der Waals surface area contributed by atoms with Gasteiger partial charge in [0.25, 0.3) is 0 Å². The molecule has 2 rings (SSSR count). The highest BCUT2D eigenvalue weighted by atomic mass is 16.2. The number of fused-ring (bicyclic) bond motifs is 1. The fraction of sp³-hybridized carbons (Fsp3) is 0.400. The maximum Gasteiger partial charge on any atom is 0.241 e. The van der Waals surface area contributed by atoms with Crippen molar-refractivity contribution in [2.24, 2.45) is 0 Å². The summed E-state index contributed by atoms with van der Waals surface area (Å²) in [6.07, 6.45) is 7.62. The molecule has 1 aromatic rings. The fourth-order valence-corrected chi connectivity index (χ4v) is 2.25. The van der Waals surface area contributed by atoms with Gasteiger partial charge in [0.1, 0.15) is 0 Å². The van der Waals surface area contributed by atoms with E-state index in [2.05, 4.69) is 22.6 Å². The van der Waals surface area contributed by atoms with Gasteiger partial charge in [0.05, 0.1) is 6.04 Å². The lowest BCUT2D eigenvalue weighted by molar-refractivity contribution is -0.118. The van der Waals surface area contributed by atoms with Crippen LogP contribution in [0.25, 0.3) is 0 Å². The molecule has 0 aromatic heterocycles. The van der Waals surface area contributed by atoms with E-state index in [0.717, 1.165) is 18.5 Å². The molecule has 0 aliphatic carbocycles. The van der Waals surface area contributed by atoms with Gasteiger partial charge in [-0.05, 0) is 31.4 Å². The molecule has 0 bridgehead atoms. The smallest absolute Gasteiger partial charge is 0.241 e. The summed E-state index contributed by atoms with van der Waals surface area (Å²) in [5.41, 5.74) is 2.12. The van der Waals surface area contributed by atoms with Crippen molar-refractivity contribution in [3.8, 4) is 12.3 Å². The van der Waals surface area contributed by atoms with Crippen LogP contribution in [0.5, 0.6) is 0 Å². The molecule has 1 aliphatic rings. The van der Waals surface area contributed by atoms with Gasteiger partial charge < -0.3 is 10.6 Å². The fourth-order valence-electron chi connectivity index (χ4n) is 2.25. The van der Waals surface area contributed by atoms with E-state index in [1.54, 1.807) is 0 Å². The summed E-state index contributed by atoms with van der Waals surface area (Å²) in [5, 5.41) is 6.26. The number of para-hydroxylation sites is 1. The number of hydrogen-bond acceptors (Lipinski definition) is 2. The number of aryl methyl sites for hydroxylation is 1. The second-order valence-corrected chi connectivity index (χ2v) is 4.71. The molecule has 2 unspecified atom stereocenters. The number of terminal acetylenes is 1. The quantitative estimate of drug-likeness (QED) is 0.795. The Morgan fingerprint density at radius 3 is 3.11 bits per heavy atom. The van der Waals surface area contributed by atoms with Crippen LogP contribution in [-0.2, 0) is 11.2 Å². The summed E-state index contributed by atoms with van der Waals surface area (Å²) in [7, 11) is 0. The Morgan fingerprint density at radius 1 is 1.56 bits per heavy atom. The molecule has 1 heterocycles. The third-order valence-corrected chi connectivity index (χ3v) is 3.20. The minimum atomic E-state index is -0.166. The molecule has 94 valence electrons. The van der Waals surface area contributed by atoms with Crippen LogP contribution in [0.2, 0.25) is 0 Å². The minimum Gasteiger partial charge on any atom is -0.324 e. The maximum atomic E-state index is 12.1. The van der Waals surface area contributed by atoms with Crippen LogP contribution in [0.4, 0.5) is 5.69 Å². The summed E-state index contributed by atoms with van der Waals surface area (Å²) >= 11 is 0. The second-order valence-electron chi connectivity index (χ2n) is 4.71. The lowest BCUT2D eigenvalue weighted by Crippen LogP contribution is -2.44. The Hall–Kier alpha value is -1.79. The summed E-state index contributed by atoms with van der Waals surface area (Å²) in [6.45, 7) is 2.01. The van der Waals surface area contributed by atoms with E-state index in [9.17, 15) is 4.79 Å². The Kier molecular flexibility index (Phi) is 4.01. The zero-order chi connectivity index (χ0) is 13.0. The van der Waals surface area contributed by atoms with Crippen molar-refractivity contribution in [2.45, 2.75) is 38.3 Å². The number of carbonyl (C=O) groups excluding carboxylic acids is 1. The van der Waals surface area contributed by atoms with Gasteiger partial charge in [-0.2, -0.15) is 0 Å². The van der Waals surface area contributed by atoms with Crippen LogP contribution in [0.15, 0.2) is 24.3 Å². The van der Waals surface area contributed by atoms with Crippen LogP contribution in [0, 0.1) is 12.3 Å². The summed E-state index contributed by atoms with van der Waals surface area (Å²) in [4.78, 5) is 12.1. The molecular weight excluding hydrogens is 224 g/mol. The molecule has 0 spiro atoms. The van der Waals surface area contributed by atoms with Gasteiger partial charge in [-0.25, -0.2) is 0 Å². The van der Waals surface area contributed by atoms with Gasteiger partial charge >= 0.3 is 0 Å². The Bertz CT molecular complexity index is 476. The topological polar surface area (TPSA) is 41.1 Å². The highest BCUT2D eigenvalue weighted by Gasteiger charge is 2.24. The summed E-state index contributed by atoms with van der Waals surface area (Å²) in [6, 6.07) is 7.93. The van der Waals surface area contributed by atoms with Crippen molar-refractivity contribution in [2.75, 3.05) is 5.32 Å². The van der Waals surface area contributed by atoms with Crippen molar-refractivity contribution in [1.29, 1.82) is 0 Å². The number of anilines is 1. The molecule has 3 heteroatoms. The predicted octanol–water partition coefficient (Wildman–Crippen LogP) is 1.94. The minimum absolute atomic E-state index is 0.0313. The number of carbonyl (C=O) groups is 1. The SMILES string of the molecule is C#CCC(C)NC1CCc2ccccc2NC1=O. The highest BCUT2D eigenvalue weighted by molar-refractivity contribution is 5.96. The van der Waals surface area contributed by atoms with Gasteiger partial charge in [0, 0.05) is 18.2 Å². The normalized spacial score (nSPS) is 20.2.